The highest BCUT2D eigenvalue weighted by Crippen LogP contribution is 2.23. The molecule has 2 aromatic rings. The zero-order valence-electron chi connectivity index (χ0n) is 11.0. The Labute approximate surface area is 130 Å². The molecular formula is C14H13BrN4O2. The van der Waals surface area contributed by atoms with E-state index in [0.29, 0.717) is 12.3 Å². The number of nitrogens with zero attached hydrogens (tertiary/aromatic N) is 2. The van der Waals surface area contributed by atoms with Crippen molar-refractivity contribution in [1.29, 1.82) is 0 Å². The number of amides is 1. The first kappa shape index (κ1) is 13.8. The molecule has 2 heterocycles. The van der Waals surface area contributed by atoms with Crippen LogP contribution in [0.5, 0.6) is 11.8 Å². The van der Waals surface area contributed by atoms with E-state index in [1.807, 2.05) is 24.3 Å². The largest absolute Gasteiger partial charge is 0.424 e. The highest BCUT2D eigenvalue weighted by molar-refractivity contribution is 9.10. The molecule has 0 aliphatic carbocycles. The maximum Gasteiger partial charge on any atom is 0.321 e. The van der Waals surface area contributed by atoms with Crippen LogP contribution >= 0.6 is 15.9 Å². The number of carbonyl (C=O) groups is 1. The average Bonchev–Trinajstić information content (AvgIpc) is 2.87. The van der Waals surface area contributed by atoms with E-state index in [-0.39, 0.29) is 18.0 Å². The topological polar surface area (TPSA) is 76.1 Å². The van der Waals surface area contributed by atoms with Crippen molar-refractivity contribution in [2.75, 3.05) is 11.9 Å². The van der Waals surface area contributed by atoms with E-state index in [0.717, 1.165) is 16.6 Å². The quantitative estimate of drug-likeness (QED) is 0.886. The number of benzene rings is 1. The Balaban J connectivity index is 1.70. The van der Waals surface area contributed by atoms with Crippen molar-refractivity contribution in [3.8, 4) is 11.8 Å². The SMILES string of the molecule is O=C1NCC[C@@H]1Nc1cccc(Oc2ncc(Br)cn2)c1. The molecule has 6 nitrogen and oxygen atoms in total. The fourth-order valence-corrected chi connectivity index (χ4v) is 2.25. The van der Waals surface area contributed by atoms with Crippen molar-refractivity contribution in [3.63, 3.8) is 0 Å². The van der Waals surface area contributed by atoms with Gasteiger partial charge in [0.15, 0.2) is 0 Å². The molecule has 1 amide bonds. The van der Waals surface area contributed by atoms with Crippen molar-refractivity contribution in [1.82, 2.24) is 15.3 Å². The summed E-state index contributed by atoms with van der Waals surface area (Å²) in [5.41, 5.74) is 0.826. The highest BCUT2D eigenvalue weighted by Gasteiger charge is 2.23. The first-order chi connectivity index (χ1) is 10.2. The van der Waals surface area contributed by atoms with Gasteiger partial charge in [0, 0.05) is 30.7 Å². The van der Waals surface area contributed by atoms with Crippen LogP contribution in [0.3, 0.4) is 0 Å². The summed E-state index contributed by atoms with van der Waals surface area (Å²) in [5, 5.41) is 5.98. The van der Waals surface area contributed by atoms with E-state index >= 15 is 0 Å². The van der Waals surface area contributed by atoms with Gasteiger partial charge >= 0.3 is 6.01 Å². The molecule has 0 unspecified atom stereocenters. The van der Waals surface area contributed by atoms with Gasteiger partial charge in [-0.15, -0.1) is 0 Å². The summed E-state index contributed by atoms with van der Waals surface area (Å²) in [5.74, 6) is 0.637. The van der Waals surface area contributed by atoms with E-state index < -0.39 is 0 Å². The first-order valence-electron chi connectivity index (χ1n) is 6.50. The molecule has 7 heteroatoms. The minimum atomic E-state index is -0.191. The summed E-state index contributed by atoms with van der Waals surface area (Å²) in [6, 6.07) is 7.45. The zero-order valence-corrected chi connectivity index (χ0v) is 12.6. The second kappa shape index (κ2) is 6.09. The third-order valence-corrected chi connectivity index (χ3v) is 3.44. The first-order valence-corrected chi connectivity index (χ1v) is 7.30. The van der Waals surface area contributed by atoms with E-state index in [4.69, 9.17) is 4.74 Å². The minimum absolute atomic E-state index is 0.0255. The second-order valence-electron chi connectivity index (χ2n) is 4.59. The van der Waals surface area contributed by atoms with Crippen molar-refractivity contribution in [2.45, 2.75) is 12.5 Å². The van der Waals surface area contributed by atoms with Crippen molar-refractivity contribution in [2.24, 2.45) is 0 Å². The van der Waals surface area contributed by atoms with Gasteiger partial charge in [0.1, 0.15) is 11.8 Å². The van der Waals surface area contributed by atoms with Gasteiger partial charge in [0.2, 0.25) is 5.91 Å². The maximum atomic E-state index is 11.6. The summed E-state index contributed by atoms with van der Waals surface area (Å²) < 4.78 is 6.37. The third-order valence-electron chi connectivity index (χ3n) is 3.03. The summed E-state index contributed by atoms with van der Waals surface area (Å²) in [7, 11) is 0. The number of aromatic nitrogens is 2. The van der Waals surface area contributed by atoms with Gasteiger partial charge in [-0.2, -0.15) is 0 Å². The molecule has 1 aromatic carbocycles. The van der Waals surface area contributed by atoms with Crippen LogP contribution in [-0.2, 0) is 4.79 Å². The van der Waals surface area contributed by atoms with Crippen LogP contribution in [0.4, 0.5) is 5.69 Å². The summed E-state index contributed by atoms with van der Waals surface area (Å²) in [4.78, 5) is 19.7. The Kier molecular flexibility index (Phi) is 4.01. The molecule has 2 N–H and O–H groups in total. The van der Waals surface area contributed by atoms with Gasteiger partial charge in [-0.05, 0) is 34.5 Å². The smallest absolute Gasteiger partial charge is 0.321 e. The predicted molar refractivity (Wildman–Crippen MR) is 81.3 cm³/mol. The Morgan fingerprint density at radius 1 is 1.33 bits per heavy atom. The predicted octanol–water partition coefficient (Wildman–Crippen LogP) is 2.33. The normalized spacial score (nSPS) is 17.4. The number of carbonyl (C=O) groups excluding carboxylic acids is 1. The Hall–Kier alpha value is -2.15. The lowest BCUT2D eigenvalue weighted by atomic mass is 10.2. The molecule has 0 saturated carbocycles. The Bertz CT molecular complexity index is 648. The van der Waals surface area contributed by atoms with Crippen molar-refractivity contribution < 1.29 is 9.53 Å². The summed E-state index contributed by atoms with van der Waals surface area (Å²) >= 11 is 3.27. The fourth-order valence-electron chi connectivity index (χ4n) is 2.04. The lowest BCUT2D eigenvalue weighted by Gasteiger charge is -2.12. The van der Waals surface area contributed by atoms with Gasteiger partial charge < -0.3 is 15.4 Å². The summed E-state index contributed by atoms with van der Waals surface area (Å²) in [6.45, 7) is 0.708. The average molecular weight is 349 g/mol. The van der Waals surface area contributed by atoms with Crippen molar-refractivity contribution in [3.05, 3.63) is 41.1 Å². The molecular weight excluding hydrogens is 336 g/mol. The molecule has 3 rings (SSSR count). The lowest BCUT2D eigenvalue weighted by Crippen LogP contribution is -2.29. The van der Waals surface area contributed by atoms with Crippen LogP contribution < -0.4 is 15.4 Å². The van der Waals surface area contributed by atoms with Crippen LogP contribution in [0.25, 0.3) is 0 Å². The van der Waals surface area contributed by atoms with Gasteiger partial charge in [0.05, 0.1) is 4.47 Å². The highest BCUT2D eigenvalue weighted by atomic mass is 79.9. The van der Waals surface area contributed by atoms with E-state index in [1.54, 1.807) is 12.4 Å². The molecule has 1 atom stereocenters. The maximum absolute atomic E-state index is 11.6. The van der Waals surface area contributed by atoms with E-state index in [1.165, 1.54) is 0 Å². The number of rotatable bonds is 4. The molecule has 0 radical (unpaired) electrons. The number of anilines is 1. The molecule has 1 aliphatic rings. The lowest BCUT2D eigenvalue weighted by molar-refractivity contribution is -0.119. The Morgan fingerprint density at radius 3 is 2.86 bits per heavy atom. The minimum Gasteiger partial charge on any atom is -0.424 e. The van der Waals surface area contributed by atoms with Gasteiger partial charge in [-0.3, -0.25) is 4.79 Å². The molecule has 0 bridgehead atoms. The van der Waals surface area contributed by atoms with E-state index in [2.05, 4.69) is 36.5 Å². The van der Waals surface area contributed by atoms with Gasteiger partial charge in [-0.25, -0.2) is 9.97 Å². The molecule has 1 saturated heterocycles. The van der Waals surface area contributed by atoms with Crippen LogP contribution in [-0.4, -0.2) is 28.5 Å². The number of halogens is 1. The third kappa shape index (κ3) is 3.49. The molecule has 108 valence electrons. The molecule has 1 fully saturated rings. The second-order valence-corrected chi connectivity index (χ2v) is 5.51. The molecule has 21 heavy (non-hydrogen) atoms. The van der Waals surface area contributed by atoms with Crippen LogP contribution in [0.1, 0.15) is 6.42 Å². The Morgan fingerprint density at radius 2 is 2.14 bits per heavy atom. The standard InChI is InChI=1S/C14H13BrN4O2/c15-9-7-17-14(18-8-9)21-11-3-1-2-10(6-11)19-12-4-5-16-13(12)20/h1-3,6-8,12,19H,4-5H2,(H,16,20)/t12-/m0/s1. The number of ether oxygens (including phenoxy) is 1. The number of nitrogens with one attached hydrogen (secondary N) is 2. The van der Waals surface area contributed by atoms with Crippen LogP contribution in [0.2, 0.25) is 0 Å². The summed E-state index contributed by atoms with van der Waals surface area (Å²) in [6.07, 6.45) is 4.01. The van der Waals surface area contributed by atoms with Crippen LogP contribution in [0, 0.1) is 0 Å². The number of hydrogen-bond donors (Lipinski definition) is 2. The molecule has 1 aromatic heterocycles. The van der Waals surface area contributed by atoms with Gasteiger partial charge in [-0.1, -0.05) is 6.07 Å². The van der Waals surface area contributed by atoms with Crippen LogP contribution in [0.15, 0.2) is 41.1 Å². The monoisotopic (exact) mass is 348 g/mol. The fraction of sp³-hybridized carbons (Fsp3) is 0.214. The van der Waals surface area contributed by atoms with E-state index in [9.17, 15) is 4.79 Å². The van der Waals surface area contributed by atoms with Gasteiger partial charge in [0.25, 0.3) is 0 Å². The zero-order chi connectivity index (χ0) is 14.7. The number of hydrogen-bond acceptors (Lipinski definition) is 5. The molecule has 1 aliphatic heterocycles. The molecule has 0 spiro atoms. The van der Waals surface area contributed by atoms with Crippen molar-refractivity contribution >= 4 is 27.5 Å².